The zero-order valence-corrected chi connectivity index (χ0v) is 20.6. The fraction of sp³-hybridized carbons (Fsp3) is 0.346. The molecule has 35 heavy (non-hydrogen) atoms. The van der Waals surface area contributed by atoms with Crippen molar-refractivity contribution in [2.45, 2.75) is 51.9 Å². The van der Waals surface area contributed by atoms with Crippen molar-refractivity contribution in [2.24, 2.45) is 7.05 Å². The second kappa shape index (κ2) is 8.39. The summed E-state index contributed by atoms with van der Waals surface area (Å²) in [7, 11) is 1.85. The number of ether oxygens (including phenoxy) is 1. The Kier molecular flexibility index (Phi) is 5.30. The van der Waals surface area contributed by atoms with E-state index >= 15 is 0 Å². The van der Waals surface area contributed by atoms with Crippen LogP contribution in [0.25, 0.3) is 10.9 Å². The Labute approximate surface area is 207 Å². The molecule has 0 spiro atoms. The number of aryl methyl sites for hydroxylation is 2. The third-order valence-electron chi connectivity index (χ3n) is 6.76. The smallest absolute Gasteiger partial charge is 0.261 e. The molecule has 1 atom stereocenters. The molecule has 9 heteroatoms. The Morgan fingerprint density at radius 2 is 2.03 bits per heavy atom. The molecule has 6 rings (SSSR count). The Morgan fingerprint density at radius 1 is 1.26 bits per heavy atom. The largest absolute Gasteiger partial charge is 0.369 e. The highest BCUT2D eigenvalue weighted by atomic mass is 35.5. The fourth-order valence-electron chi connectivity index (χ4n) is 4.78. The third kappa shape index (κ3) is 3.96. The normalized spacial score (nSPS) is 17.1. The molecule has 0 saturated heterocycles. The van der Waals surface area contributed by atoms with E-state index in [-0.39, 0.29) is 12.0 Å². The number of halogens is 1. The van der Waals surface area contributed by atoms with Gasteiger partial charge in [-0.2, -0.15) is 5.10 Å². The van der Waals surface area contributed by atoms with Crippen LogP contribution in [0, 0.1) is 6.92 Å². The number of hydrogen-bond acceptors (Lipinski definition) is 6. The van der Waals surface area contributed by atoms with E-state index in [0.717, 1.165) is 57.6 Å². The van der Waals surface area contributed by atoms with Crippen LogP contribution in [0.4, 0.5) is 5.69 Å². The van der Waals surface area contributed by atoms with E-state index in [1.165, 1.54) is 0 Å². The molecule has 178 valence electrons. The van der Waals surface area contributed by atoms with Crippen molar-refractivity contribution in [3.63, 3.8) is 0 Å². The summed E-state index contributed by atoms with van der Waals surface area (Å²) in [4.78, 5) is 28.9. The van der Waals surface area contributed by atoms with E-state index in [4.69, 9.17) is 16.3 Å². The first-order valence-electron chi connectivity index (χ1n) is 11.8. The third-order valence-corrected chi connectivity index (χ3v) is 7.05. The Balaban J connectivity index is 1.37. The predicted molar refractivity (Wildman–Crippen MR) is 132 cm³/mol. The number of amides is 1. The minimum absolute atomic E-state index is 0.0655. The van der Waals surface area contributed by atoms with Gasteiger partial charge in [0, 0.05) is 42.5 Å². The molecule has 0 radical (unpaired) electrons. The second-order valence-corrected chi connectivity index (χ2v) is 9.73. The van der Waals surface area contributed by atoms with Gasteiger partial charge in [-0.3, -0.25) is 9.48 Å². The van der Waals surface area contributed by atoms with Crippen LogP contribution in [0.15, 0.2) is 36.8 Å². The van der Waals surface area contributed by atoms with Crippen molar-refractivity contribution < 1.29 is 9.53 Å². The summed E-state index contributed by atoms with van der Waals surface area (Å²) < 4.78 is 7.50. The molecule has 0 bridgehead atoms. The van der Waals surface area contributed by atoms with Gasteiger partial charge < -0.3 is 9.64 Å². The van der Waals surface area contributed by atoms with Gasteiger partial charge in [0.05, 0.1) is 41.7 Å². The Hall–Kier alpha value is -3.36. The molecule has 1 unspecified atom stereocenters. The average Bonchev–Trinajstić information content (AvgIpc) is 3.54. The van der Waals surface area contributed by atoms with Crippen LogP contribution in [-0.2, 0) is 24.9 Å². The molecule has 1 aliphatic carbocycles. The first kappa shape index (κ1) is 22.1. The Morgan fingerprint density at radius 3 is 2.71 bits per heavy atom. The van der Waals surface area contributed by atoms with Crippen LogP contribution in [0.3, 0.4) is 0 Å². The van der Waals surface area contributed by atoms with Gasteiger partial charge >= 0.3 is 0 Å². The number of hydrogen-bond donors (Lipinski definition) is 0. The maximum atomic E-state index is 13.7. The molecule has 1 aliphatic heterocycles. The van der Waals surface area contributed by atoms with Gasteiger partial charge in [-0.15, -0.1) is 0 Å². The van der Waals surface area contributed by atoms with Gasteiger partial charge in [0.15, 0.2) is 0 Å². The van der Waals surface area contributed by atoms with Crippen LogP contribution in [0.2, 0.25) is 5.15 Å². The molecule has 1 saturated carbocycles. The van der Waals surface area contributed by atoms with E-state index in [1.54, 1.807) is 22.0 Å². The minimum atomic E-state index is -0.175. The van der Waals surface area contributed by atoms with E-state index in [1.807, 2.05) is 45.3 Å². The lowest BCUT2D eigenvalue weighted by Crippen LogP contribution is -2.31. The van der Waals surface area contributed by atoms with E-state index in [0.29, 0.717) is 29.8 Å². The van der Waals surface area contributed by atoms with Crippen LogP contribution in [-0.4, -0.2) is 30.6 Å². The molecule has 4 aromatic rings. The van der Waals surface area contributed by atoms with Crippen LogP contribution in [0.1, 0.15) is 70.4 Å². The summed E-state index contributed by atoms with van der Waals surface area (Å²) in [6, 6.07) is 6.06. The van der Waals surface area contributed by atoms with Crippen molar-refractivity contribution >= 4 is 34.1 Å². The fourth-order valence-corrected chi connectivity index (χ4v) is 5.14. The molecular formula is C26H25ClN6O2. The summed E-state index contributed by atoms with van der Waals surface area (Å²) in [6.45, 7) is 4.74. The lowest BCUT2D eigenvalue weighted by Gasteiger charge is -2.22. The van der Waals surface area contributed by atoms with Gasteiger partial charge in [-0.05, 0) is 43.9 Å². The monoisotopic (exact) mass is 488 g/mol. The first-order chi connectivity index (χ1) is 16.9. The molecule has 8 nitrogen and oxygen atoms in total. The second-order valence-electron chi connectivity index (χ2n) is 9.37. The summed E-state index contributed by atoms with van der Waals surface area (Å²) in [5, 5.41) is 5.95. The maximum Gasteiger partial charge on any atom is 0.261 e. The van der Waals surface area contributed by atoms with Gasteiger partial charge in [0.2, 0.25) is 0 Å². The van der Waals surface area contributed by atoms with Crippen molar-refractivity contribution in [3.05, 3.63) is 75.7 Å². The highest BCUT2D eigenvalue weighted by Crippen LogP contribution is 2.39. The first-order valence-corrected chi connectivity index (χ1v) is 12.1. The summed E-state index contributed by atoms with van der Waals surface area (Å²) >= 11 is 6.51. The SMILES string of the molecule is Cc1nn(C)cc1N(Cc1ccc2c3c(c(Cl)nc2c1)C(C)OC3)C(=O)c1cnc(C2CC2)nc1. The van der Waals surface area contributed by atoms with Crippen molar-refractivity contribution in [1.82, 2.24) is 24.7 Å². The highest BCUT2D eigenvalue weighted by molar-refractivity contribution is 6.31. The number of nitrogens with zero attached hydrogens (tertiary/aromatic N) is 6. The average molecular weight is 489 g/mol. The zero-order valence-electron chi connectivity index (χ0n) is 19.8. The van der Waals surface area contributed by atoms with E-state index in [2.05, 4.69) is 20.1 Å². The summed E-state index contributed by atoms with van der Waals surface area (Å²) in [5.41, 5.74) is 5.72. The van der Waals surface area contributed by atoms with E-state index in [9.17, 15) is 4.79 Å². The number of fused-ring (bicyclic) bond motifs is 3. The lowest BCUT2D eigenvalue weighted by molar-refractivity contribution is 0.0799. The molecular weight excluding hydrogens is 464 g/mol. The lowest BCUT2D eigenvalue weighted by atomic mass is 10.0. The van der Waals surface area contributed by atoms with Crippen molar-refractivity contribution in [1.29, 1.82) is 0 Å². The molecule has 4 heterocycles. The Bertz CT molecular complexity index is 1460. The quantitative estimate of drug-likeness (QED) is 0.366. The van der Waals surface area contributed by atoms with Gasteiger partial charge in [0.25, 0.3) is 5.91 Å². The number of carbonyl (C=O) groups excluding carboxylic acids is 1. The molecule has 1 fully saturated rings. The van der Waals surface area contributed by atoms with Crippen LogP contribution < -0.4 is 4.90 Å². The molecule has 1 aromatic carbocycles. The summed E-state index contributed by atoms with van der Waals surface area (Å²) in [5.74, 6) is 1.07. The minimum Gasteiger partial charge on any atom is -0.369 e. The number of aromatic nitrogens is 5. The topological polar surface area (TPSA) is 86.0 Å². The number of rotatable bonds is 5. The van der Waals surface area contributed by atoms with Gasteiger partial charge in [-0.1, -0.05) is 23.7 Å². The molecule has 3 aromatic heterocycles. The number of pyridine rings is 1. The number of carbonyl (C=O) groups is 1. The number of benzene rings is 1. The van der Waals surface area contributed by atoms with Crippen molar-refractivity contribution in [2.75, 3.05) is 4.90 Å². The van der Waals surface area contributed by atoms with E-state index < -0.39 is 0 Å². The van der Waals surface area contributed by atoms with Crippen LogP contribution >= 0.6 is 11.6 Å². The van der Waals surface area contributed by atoms with Gasteiger partial charge in [0.1, 0.15) is 11.0 Å². The molecule has 1 amide bonds. The number of anilines is 1. The highest BCUT2D eigenvalue weighted by Gasteiger charge is 2.29. The zero-order chi connectivity index (χ0) is 24.3. The molecule has 2 aliphatic rings. The predicted octanol–water partition coefficient (Wildman–Crippen LogP) is 5.04. The van der Waals surface area contributed by atoms with Gasteiger partial charge in [-0.25, -0.2) is 15.0 Å². The summed E-state index contributed by atoms with van der Waals surface area (Å²) in [6.07, 6.45) is 7.28. The standard InChI is InChI=1S/C26H25ClN6O2/c1-14-22(12-32(3)31-14)33(26(34)18-9-28-25(29-10-18)17-5-6-17)11-16-4-7-19-20-13-35-15(2)23(20)24(27)30-21(19)8-16/h4,7-10,12,15,17H,5-6,11,13H2,1-3H3. The maximum absolute atomic E-state index is 13.7. The molecule has 0 N–H and O–H groups in total. The van der Waals surface area contributed by atoms with Crippen LogP contribution in [0.5, 0.6) is 0 Å². The van der Waals surface area contributed by atoms with Crippen molar-refractivity contribution in [3.8, 4) is 0 Å².